The summed E-state index contributed by atoms with van der Waals surface area (Å²) in [5.41, 5.74) is 1.95. The SMILES string of the molecule is O=C(c1ccc(OCCn2ccnc2)cc1)c1c(-c2ccc(O)cc2)sc2cc(O)ccc12. The fourth-order valence-corrected chi connectivity index (χ4v) is 4.90. The molecule has 2 aromatic heterocycles. The maximum Gasteiger partial charge on any atom is 0.195 e. The Balaban J connectivity index is 1.45. The Morgan fingerprint density at radius 2 is 1.73 bits per heavy atom. The van der Waals surface area contributed by atoms with Crippen LogP contribution >= 0.6 is 11.3 Å². The van der Waals surface area contributed by atoms with Crippen LogP contribution in [0.3, 0.4) is 0 Å². The smallest absolute Gasteiger partial charge is 0.195 e. The molecule has 5 aromatic rings. The van der Waals surface area contributed by atoms with Crippen molar-refractivity contribution in [1.82, 2.24) is 9.55 Å². The molecule has 2 heterocycles. The molecule has 0 atom stereocenters. The quantitative estimate of drug-likeness (QED) is 0.317. The molecule has 3 aromatic carbocycles. The van der Waals surface area contributed by atoms with Gasteiger partial charge in [0, 0.05) is 38.5 Å². The lowest BCUT2D eigenvalue weighted by Gasteiger charge is -2.09. The number of hydrogen-bond donors (Lipinski definition) is 2. The molecule has 6 nitrogen and oxygen atoms in total. The van der Waals surface area contributed by atoms with Gasteiger partial charge in [0.15, 0.2) is 5.78 Å². The van der Waals surface area contributed by atoms with E-state index in [9.17, 15) is 15.0 Å². The number of phenols is 2. The molecule has 0 radical (unpaired) electrons. The molecule has 0 saturated heterocycles. The number of phenolic OH excluding ortho intramolecular Hbond substituents is 2. The Kier molecular flexibility index (Phi) is 5.54. The van der Waals surface area contributed by atoms with Gasteiger partial charge in [-0.3, -0.25) is 4.79 Å². The number of aromatic hydroxyl groups is 2. The number of ketones is 1. The highest BCUT2D eigenvalue weighted by Gasteiger charge is 2.22. The summed E-state index contributed by atoms with van der Waals surface area (Å²) >= 11 is 1.44. The monoisotopic (exact) mass is 456 g/mol. The standard InChI is InChI=1S/C26H20N2O4S/c29-19-5-1-18(2-6-19)26-24(22-10-7-20(30)15-23(22)33-26)25(31)17-3-8-21(9-4-17)32-14-13-28-12-11-27-16-28/h1-12,15-16,29-30H,13-14H2. The van der Waals surface area contributed by atoms with Crippen LogP contribution in [0.15, 0.2) is 85.5 Å². The first-order valence-corrected chi connectivity index (χ1v) is 11.2. The van der Waals surface area contributed by atoms with Crippen molar-refractivity contribution >= 4 is 27.2 Å². The number of carbonyl (C=O) groups excluding carboxylic acids is 1. The van der Waals surface area contributed by atoms with E-state index in [2.05, 4.69) is 4.98 Å². The van der Waals surface area contributed by atoms with Gasteiger partial charge in [0.05, 0.1) is 12.9 Å². The molecule has 0 unspecified atom stereocenters. The molecule has 164 valence electrons. The lowest BCUT2D eigenvalue weighted by atomic mass is 9.97. The first-order valence-electron chi connectivity index (χ1n) is 10.4. The molecule has 2 N–H and O–H groups in total. The van der Waals surface area contributed by atoms with Gasteiger partial charge in [-0.15, -0.1) is 11.3 Å². The largest absolute Gasteiger partial charge is 0.508 e. The predicted octanol–water partition coefficient (Wildman–Crippen LogP) is 5.49. The van der Waals surface area contributed by atoms with Gasteiger partial charge in [0.25, 0.3) is 0 Å². The number of aromatic nitrogens is 2. The number of nitrogens with zero attached hydrogens (tertiary/aromatic N) is 2. The molecular formula is C26H20N2O4S. The van der Waals surface area contributed by atoms with Crippen LogP contribution in [0, 0.1) is 0 Å². The van der Waals surface area contributed by atoms with Gasteiger partial charge in [-0.05, 0) is 72.3 Å². The molecule has 7 heteroatoms. The molecular weight excluding hydrogens is 436 g/mol. The van der Waals surface area contributed by atoms with Crippen molar-refractivity contribution < 1.29 is 19.7 Å². The Labute approximate surface area is 194 Å². The number of fused-ring (bicyclic) bond motifs is 1. The van der Waals surface area contributed by atoms with Crippen molar-refractivity contribution in [2.75, 3.05) is 6.61 Å². The van der Waals surface area contributed by atoms with Crippen LogP contribution in [-0.4, -0.2) is 32.2 Å². The third-order valence-electron chi connectivity index (χ3n) is 5.32. The van der Waals surface area contributed by atoms with E-state index in [4.69, 9.17) is 4.74 Å². The van der Waals surface area contributed by atoms with E-state index in [0.29, 0.717) is 30.0 Å². The Bertz CT molecular complexity index is 1410. The molecule has 0 fully saturated rings. The lowest BCUT2D eigenvalue weighted by molar-refractivity contribution is 0.104. The zero-order valence-electron chi connectivity index (χ0n) is 17.5. The summed E-state index contributed by atoms with van der Waals surface area (Å²) in [6, 6.07) is 18.9. The number of ether oxygens (including phenoxy) is 1. The van der Waals surface area contributed by atoms with E-state index in [1.54, 1.807) is 79.3 Å². The maximum absolute atomic E-state index is 13.6. The van der Waals surface area contributed by atoms with E-state index in [1.165, 1.54) is 11.3 Å². The second-order valence-electron chi connectivity index (χ2n) is 7.54. The Morgan fingerprint density at radius 1 is 0.970 bits per heavy atom. The van der Waals surface area contributed by atoms with Gasteiger partial charge >= 0.3 is 0 Å². The maximum atomic E-state index is 13.6. The number of rotatable bonds is 7. The molecule has 5 rings (SSSR count). The van der Waals surface area contributed by atoms with Gasteiger partial charge in [-0.25, -0.2) is 4.98 Å². The molecule has 0 aliphatic heterocycles. The average molecular weight is 457 g/mol. The topological polar surface area (TPSA) is 84.6 Å². The van der Waals surface area contributed by atoms with Crippen molar-refractivity contribution in [3.05, 3.63) is 96.6 Å². The van der Waals surface area contributed by atoms with Crippen LogP contribution in [0.1, 0.15) is 15.9 Å². The van der Waals surface area contributed by atoms with E-state index < -0.39 is 0 Å². The minimum Gasteiger partial charge on any atom is -0.508 e. The predicted molar refractivity (Wildman–Crippen MR) is 128 cm³/mol. The van der Waals surface area contributed by atoms with Crippen LogP contribution < -0.4 is 4.74 Å². The summed E-state index contributed by atoms with van der Waals surface area (Å²) in [5, 5.41) is 20.4. The number of hydrogen-bond acceptors (Lipinski definition) is 6. The normalized spacial score (nSPS) is 11.0. The first kappa shape index (κ1) is 20.8. The molecule has 0 aliphatic rings. The van der Waals surface area contributed by atoms with Crippen molar-refractivity contribution in [3.8, 4) is 27.7 Å². The fraction of sp³-hybridized carbons (Fsp3) is 0.0769. The van der Waals surface area contributed by atoms with Crippen LogP contribution in [0.4, 0.5) is 0 Å². The summed E-state index contributed by atoms with van der Waals surface area (Å²) in [6.07, 6.45) is 5.34. The van der Waals surface area contributed by atoms with Crippen molar-refractivity contribution in [1.29, 1.82) is 0 Å². The van der Waals surface area contributed by atoms with Gasteiger partial charge in [0.2, 0.25) is 0 Å². The van der Waals surface area contributed by atoms with Crippen molar-refractivity contribution in [3.63, 3.8) is 0 Å². The molecule has 0 spiro atoms. The second kappa shape index (κ2) is 8.80. The summed E-state index contributed by atoms with van der Waals surface area (Å²) < 4.78 is 8.54. The third kappa shape index (κ3) is 4.31. The van der Waals surface area contributed by atoms with Crippen LogP contribution in [0.25, 0.3) is 20.5 Å². The zero-order valence-corrected chi connectivity index (χ0v) is 18.3. The highest BCUT2D eigenvalue weighted by atomic mass is 32.1. The fourth-order valence-electron chi connectivity index (χ4n) is 3.66. The molecule has 33 heavy (non-hydrogen) atoms. The van der Waals surface area contributed by atoms with Crippen LogP contribution in [-0.2, 0) is 6.54 Å². The number of carbonyl (C=O) groups is 1. The molecule has 0 aliphatic carbocycles. The van der Waals surface area contributed by atoms with Gasteiger partial charge in [-0.2, -0.15) is 0 Å². The van der Waals surface area contributed by atoms with Gasteiger partial charge in [-0.1, -0.05) is 0 Å². The Hall–Kier alpha value is -4.10. The third-order valence-corrected chi connectivity index (χ3v) is 6.53. The number of benzene rings is 3. The number of thiophene rings is 1. The van der Waals surface area contributed by atoms with E-state index >= 15 is 0 Å². The lowest BCUT2D eigenvalue weighted by Crippen LogP contribution is -2.07. The zero-order chi connectivity index (χ0) is 22.8. The van der Waals surface area contributed by atoms with E-state index in [1.807, 2.05) is 10.8 Å². The summed E-state index contributed by atoms with van der Waals surface area (Å²) in [5.74, 6) is 0.886. The highest BCUT2D eigenvalue weighted by molar-refractivity contribution is 7.22. The van der Waals surface area contributed by atoms with E-state index in [-0.39, 0.29) is 17.3 Å². The molecule has 0 saturated carbocycles. The summed E-state index contributed by atoms with van der Waals surface area (Å²) in [4.78, 5) is 18.4. The minimum atomic E-state index is -0.111. The second-order valence-corrected chi connectivity index (χ2v) is 8.59. The minimum absolute atomic E-state index is 0.111. The number of imidazole rings is 1. The van der Waals surface area contributed by atoms with Crippen molar-refractivity contribution in [2.24, 2.45) is 0 Å². The van der Waals surface area contributed by atoms with Crippen molar-refractivity contribution in [2.45, 2.75) is 6.54 Å². The van der Waals surface area contributed by atoms with E-state index in [0.717, 1.165) is 20.5 Å². The summed E-state index contributed by atoms with van der Waals surface area (Å²) in [7, 11) is 0. The van der Waals surface area contributed by atoms with Gasteiger partial charge in [0.1, 0.15) is 23.9 Å². The highest BCUT2D eigenvalue weighted by Crippen LogP contribution is 2.41. The first-order chi connectivity index (χ1) is 16.1. The molecule has 0 amide bonds. The Morgan fingerprint density at radius 3 is 2.45 bits per heavy atom. The summed E-state index contributed by atoms with van der Waals surface area (Å²) in [6.45, 7) is 1.18. The molecule has 0 bridgehead atoms. The van der Waals surface area contributed by atoms with Crippen LogP contribution in [0.5, 0.6) is 17.2 Å². The average Bonchev–Trinajstić information content (AvgIpc) is 3.47. The van der Waals surface area contributed by atoms with Gasteiger partial charge < -0.3 is 19.5 Å². The van der Waals surface area contributed by atoms with Crippen LogP contribution in [0.2, 0.25) is 0 Å².